The van der Waals surface area contributed by atoms with Crippen molar-refractivity contribution < 1.29 is 9.21 Å². The highest BCUT2D eigenvalue weighted by Crippen LogP contribution is 2.17. The molecule has 1 amide bonds. The molecule has 6 heteroatoms. The highest BCUT2D eigenvalue weighted by Gasteiger charge is 2.21. The maximum atomic E-state index is 12.9. The Balaban J connectivity index is 1.85. The van der Waals surface area contributed by atoms with Crippen molar-refractivity contribution in [1.29, 1.82) is 0 Å². The highest BCUT2D eigenvalue weighted by atomic mass is 32.1. The van der Waals surface area contributed by atoms with Gasteiger partial charge in [-0.15, -0.1) is 0 Å². The summed E-state index contributed by atoms with van der Waals surface area (Å²) in [5, 5.41) is 3.37. The van der Waals surface area contributed by atoms with Gasteiger partial charge in [0.2, 0.25) is 0 Å². The second-order valence-electron chi connectivity index (χ2n) is 4.95. The van der Waals surface area contributed by atoms with Crippen molar-refractivity contribution >= 4 is 28.9 Å². The number of nitrogens with zero attached hydrogens (tertiary/aromatic N) is 2. The van der Waals surface area contributed by atoms with Crippen molar-refractivity contribution in [3.63, 3.8) is 0 Å². The molecule has 3 rings (SSSR count). The average molecular weight is 337 g/mol. The molecule has 2 heterocycles. The van der Waals surface area contributed by atoms with Crippen LogP contribution in [0.1, 0.15) is 16.1 Å². The summed E-state index contributed by atoms with van der Waals surface area (Å²) in [7, 11) is 0. The maximum Gasteiger partial charge on any atom is 0.264 e. The molecule has 0 bridgehead atoms. The summed E-state index contributed by atoms with van der Waals surface area (Å²) < 4.78 is 5.28. The molecule has 0 spiro atoms. The van der Waals surface area contributed by atoms with Gasteiger partial charge in [0.25, 0.3) is 5.91 Å². The number of hydrogen-bond donors (Lipinski definition) is 1. The zero-order chi connectivity index (χ0) is 16.8. The van der Waals surface area contributed by atoms with E-state index >= 15 is 0 Å². The summed E-state index contributed by atoms with van der Waals surface area (Å²) in [6.45, 7) is 0.402. The van der Waals surface area contributed by atoms with Gasteiger partial charge in [0, 0.05) is 18.0 Å². The predicted octanol–water partition coefficient (Wildman–Crippen LogP) is 3.40. The van der Waals surface area contributed by atoms with E-state index in [4.69, 9.17) is 16.6 Å². The van der Waals surface area contributed by atoms with E-state index < -0.39 is 0 Å². The van der Waals surface area contributed by atoms with Gasteiger partial charge in [-0.1, -0.05) is 18.2 Å². The number of thiocarbonyl (C=S) groups is 1. The van der Waals surface area contributed by atoms with Crippen molar-refractivity contribution in [2.24, 2.45) is 0 Å². The Morgan fingerprint density at radius 2 is 1.83 bits per heavy atom. The predicted molar refractivity (Wildman–Crippen MR) is 95.6 cm³/mol. The van der Waals surface area contributed by atoms with E-state index in [0.29, 0.717) is 22.9 Å². The van der Waals surface area contributed by atoms with Gasteiger partial charge < -0.3 is 9.73 Å². The van der Waals surface area contributed by atoms with Crippen LogP contribution < -0.4 is 10.2 Å². The number of carbonyl (C=O) groups is 1. The molecule has 0 unspecified atom stereocenters. The zero-order valence-electron chi connectivity index (χ0n) is 12.8. The van der Waals surface area contributed by atoms with E-state index in [2.05, 4.69) is 10.3 Å². The lowest BCUT2D eigenvalue weighted by atomic mass is 10.2. The lowest BCUT2D eigenvalue weighted by Gasteiger charge is -2.24. The summed E-state index contributed by atoms with van der Waals surface area (Å²) in [6, 6.07) is 16.2. The molecule has 0 saturated carbocycles. The molecule has 0 aliphatic carbocycles. The number of amides is 1. The average Bonchev–Trinajstić information content (AvgIpc) is 3.15. The first-order valence-electron chi connectivity index (χ1n) is 7.35. The van der Waals surface area contributed by atoms with Crippen LogP contribution in [0.15, 0.2) is 77.7 Å². The zero-order valence-corrected chi connectivity index (χ0v) is 13.6. The Labute approximate surface area is 144 Å². The number of para-hydroxylation sites is 1. The first-order valence-corrected chi connectivity index (χ1v) is 7.76. The van der Waals surface area contributed by atoms with Crippen LogP contribution in [0, 0.1) is 0 Å². The quantitative estimate of drug-likeness (QED) is 0.740. The SMILES string of the molecule is O=C(c1ccncc1)N(C(=S)NCc1ccco1)c1ccccc1. The minimum atomic E-state index is -0.222. The molecular weight excluding hydrogens is 322 g/mol. The number of anilines is 1. The smallest absolute Gasteiger partial charge is 0.264 e. The number of nitrogens with one attached hydrogen (secondary N) is 1. The standard InChI is InChI=1S/C18H15N3O2S/c22-17(14-8-10-19-11-9-14)21(15-5-2-1-3-6-15)18(24)20-13-16-7-4-12-23-16/h1-12H,13H2,(H,20,24). The molecule has 0 saturated heterocycles. The minimum absolute atomic E-state index is 0.222. The number of benzene rings is 1. The molecule has 0 aliphatic heterocycles. The third kappa shape index (κ3) is 3.67. The van der Waals surface area contributed by atoms with Crippen molar-refractivity contribution in [2.75, 3.05) is 4.90 Å². The van der Waals surface area contributed by atoms with Gasteiger partial charge in [0.15, 0.2) is 5.11 Å². The van der Waals surface area contributed by atoms with Crippen LogP contribution in [-0.4, -0.2) is 16.0 Å². The van der Waals surface area contributed by atoms with Crippen LogP contribution in [0.4, 0.5) is 5.69 Å². The van der Waals surface area contributed by atoms with E-state index in [9.17, 15) is 4.79 Å². The number of hydrogen-bond acceptors (Lipinski definition) is 4. The van der Waals surface area contributed by atoms with Crippen LogP contribution in [0.25, 0.3) is 0 Å². The lowest BCUT2D eigenvalue weighted by Crippen LogP contribution is -2.43. The Morgan fingerprint density at radius 3 is 2.50 bits per heavy atom. The van der Waals surface area contributed by atoms with Gasteiger partial charge in [0.05, 0.1) is 18.5 Å². The van der Waals surface area contributed by atoms with E-state index in [0.717, 1.165) is 5.76 Å². The third-order valence-electron chi connectivity index (χ3n) is 3.34. The van der Waals surface area contributed by atoms with Crippen LogP contribution in [0.2, 0.25) is 0 Å². The summed E-state index contributed by atoms with van der Waals surface area (Å²) in [6.07, 6.45) is 4.75. The summed E-state index contributed by atoms with van der Waals surface area (Å²) >= 11 is 5.44. The summed E-state index contributed by atoms with van der Waals surface area (Å²) in [4.78, 5) is 18.3. The van der Waals surface area contributed by atoms with E-state index in [1.54, 1.807) is 36.9 Å². The van der Waals surface area contributed by atoms with Crippen LogP contribution in [0.3, 0.4) is 0 Å². The molecule has 5 nitrogen and oxygen atoms in total. The van der Waals surface area contributed by atoms with E-state index in [1.807, 2.05) is 36.4 Å². The number of rotatable bonds is 4. The Hall–Kier alpha value is -2.99. The Morgan fingerprint density at radius 1 is 1.08 bits per heavy atom. The fraction of sp³-hybridized carbons (Fsp3) is 0.0556. The molecule has 2 aromatic heterocycles. The monoisotopic (exact) mass is 337 g/mol. The first-order chi connectivity index (χ1) is 11.8. The number of carbonyl (C=O) groups excluding carboxylic acids is 1. The molecule has 1 aromatic carbocycles. The third-order valence-corrected chi connectivity index (χ3v) is 3.67. The Kier molecular flexibility index (Phi) is 4.98. The van der Waals surface area contributed by atoms with Crippen LogP contribution in [-0.2, 0) is 6.54 Å². The Bertz CT molecular complexity index is 805. The molecule has 0 fully saturated rings. The fourth-order valence-electron chi connectivity index (χ4n) is 2.18. The molecule has 24 heavy (non-hydrogen) atoms. The number of furan rings is 1. The first kappa shape index (κ1) is 15.9. The van der Waals surface area contributed by atoms with Crippen molar-refractivity contribution in [3.8, 4) is 0 Å². The molecule has 120 valence electrons. The summed E-state index contributed by atoms with van der Waals surface area (Å²) in [5.74, 6) is 0.516. The minimum Gasteiger partial charge on any atom is -0.467 e. The molecular formula is C18H15N3O2S. The lowest BCUT2D eigenvalue weighted by molar-refractivity contribution is 0.100. The second-order valence-corrected chi connectivity index (χ2v) is 5.34. The van der Waals surface area contributed by atoms with Gasteiger partial charge in [0.1, 0.15) is 5.76 Å². The molecule has 0 aliphatic rings. The number of pyridine rings is 1. The molecule has 0 atom stereocenters. The van der Waals surface area contributed by atoms with Gasteiger partial charge in [-0.2, -0.15) is 0 Å². The molecule has 0 radical (unpaired) electrons. The second kappa shape index (κ2) is 7.52. The highest BCUT2D eigenvalue weighted by molar-refractivity contribution is 7.80. The maximum absolute atomic E-state index is 12.9. The van der Waals surface area contributed by atoms with Gasteiger partial charge in [-0.25, -0.2) is 0 Å². The normalized spacial score (nSPS) is 10.2. The largest absolute Gasteiger partial charge is 0.467 e. The van der Waals surface area contributed by atoms with E-state index in [-0.39, 0.29) is 5.91 Å². The van der Waals surface area contributed by atoms with Crippen LogP contribution >= 0.6 is 12.2 Å². The van der Waals surface area contributed by atoms with Crippen LogP contribution in [0.5, 0.6) is 0 Å². The topological polar surface area (TPSA) is 58.4 Å². The molecule has 1 N–H and O–H groups in total. The summed E-state index contributed by atoms with van der Waals surface area (Å²) in [5.41, 5.74) is 1.20. The van der Waals surface area contributed by atoms with Crippen molar-refractivity contribution in [3.05, 3.63) is 84.6 Å². The van der Waals surface area contributed by atoms with Gasteiger partial charge in [-0.05, 0) is 48.6 Å². The molecule has 3 aromatic rings. The van der Waals surface area contributed by atoms with Gasteiger partial charge in [-0.3, -0.25) is 14.7 Å². The van der Waals surface area contributed by atoms with Crippen molar-refractivity contribution in [2.45, 2.75) is 6.54 Å². The number of aromatic nitrogens is 1. The van der Waals surface area contributed by atoms with Gasteiger partial charge >= 0.3 is 0 Å². The fourth-order valence-corrected chi connectivity index (χ4v) is 2.44. The van der Waals surface area contributed by atoms with E-state index in [1.165, 1.54) is 4.90 Å². The van der Waals surface area contributed by atoms with Crippen molar-refractivity contribution in [1.82, 2.24) is 10.3 Å².